The lowest BCUT2D eigenvalue weighted by molar-refractivity contribution is -0.132. The minimum absolute atomic E-state index is 0.0463. The lowest BCUT2D eigenvalue weighted by atomic mass is 9.92. The number of amides is 3. The third kappa shape index (κ3) is 7.74. The molecule has 3 rings (SSSR count). The van der Waals surface area contributed by atoms with Crippen molar-refractivity contribution in [2.75, 3.05) is 25.0 Å². The number of likely N-dealkylation sites (tertiary alicyclic amines) is 1. The number of benzene rings is 1. The number of hydrogen-bond acceptors (Lipinski definition) is 6. The molecule has 168 valence electrons. The summed E-state index contributed by atoms with van der Waals surface area (Å²) in [6, 6.07) is 5.81. The molecule has 0 bridgehead atoms. The molecule has 9 heteroatoms. The van der Waals surface area contributed by atoms with Crippen molar-refractivity contribution in [2.45, 2.75) is 52.7 Å². The van der Waals surface area contributed by atoms with E-state index in [1.807, 2.05) is 18.2 Å². The van der Waals surface area contributed by atoms with E-state index < -0.39 is 0 Å². The van der Waals surface area contributed by atoms with Crippen LogP contribution in [0.3, 0.4) is 0 Å². The maximum Gasteiger partial charge on any atom is 0.231 e. The van der Waals surface area contributed by atoms with Crippen molar-refractivity contribution in [3.63, 3.8) is 0 Å². The van der Waals surface area contributed by atoms with Crippen LogP contribution in [-0.2, 0) is 27.3 Å². The van der Waals surface area contributed by atoms with Gasteiger partial charge in [-0.05, 0) is 29.0 Å². The first-order chi connectivity index (χ1) is 14.1. The zero-order chi connectivity index (χ0) is 22.9. The number of rotatable bonds is 4. The van der Waals surface area contributed by atoms with Crippen LogP contribution >= 0.6 is 0 Å². The van der Waals surface area contributed by atoms with Crippen molar-refractivity contribution in [1.29, 1.82) is 0 Å². The van der Waals surface area contributed by atoms with Gasteiger partial charge in [0.2, 0.25) is 18.2 Å². The number of hydrogen-bond donors (Lipinski definition) is 4. The molecule has 0 radical (unpaired) electrons. The van der Waals surface area contributed by atoms with Gasteiger partial charge in [-0.15, -0.1) is 0 Å². The molecule has 1 atom stereocenters. The Morgan fingerprint density at radius 3 is 2.53 bits per heavy atom. The van der Waals surface area contributed by atoms with Gasteiger partial charge in [-0.2, -0.15) is 0 Å². The fourth-order valence-electron chi connectivity index (χ4n) is 3.33. The maximum absolute atomic E-state index is 11.6. The van der Waals surface area contributed by atoms with Crippen LogP contribution in [0.1, 0.15) is 44.7 Å². The molecule has 0 saturated carbocycles. The van der Waals surface area contributed by atoms with Crippen LogP contribution in [0, 0.1) is 5.41 Å². The number of nitrogens with zero attached hydrogens (tertiary/aromatic N) is 2. The van der Waals surface area contributed by atoms with Crippen LogP contribution in [0.2, 0.25) is 0 Å². The predicted molar refractivity (Wildman–Crippen MR) is 116 cm³/mol. The van der Waals surface area contributed by atoms with Gasteiger partial charge in [0.1, 0.15) is 0 Å². The molecule has 0 aliphatic carbocycles. The number of β-amino-alcohol motifs (C(OH)–C–C–N with tert-alkyl or cyclic N) is 1. The Bertz CT molecular complexity index is 733. The molecule has 0 spiro atoms. The second-order valence-corrected chi connectivity index (χ2v) is 8.61. The zero-order valence-electron chi connectivity index (χ0n) is 18.4. The molecule has 2 heterocycles. The molecule has 9 nitrogen and oxygen atoms in total. The molecule has 3 amide bonds. The summed E-state index contributed by atoms with van der Waals surface area (Å²) in [6.07, 6.45) is 2.13. The number of anilines is 1. The molecule has 2 aliphatic rings. The van der Waals surface area contributed by atoms with Crippen molar-refractivity contribution in [3.05, 3.63) is 29.3 Å². The number of hydrazine groups is 1. The topological polar surface area (TPSA) is 142 Å². The average Bonchev–Trinajstić information content (AvgIpc) is 3.24. The highest BCUT2D eigenvalue weighted by Gasteiger charge is 2.27. The predicted octanol–water partition coefficient (Wildman–Crippen LogP) is 0.286. The number of carbonyl (C=O) groups is 3. The van der Waals surface area contributed by atoms with Gasteiger partial charge in [0.05, 0.1) is 12.5 Å². The lowest BCUT2D eigenvalue weighted by Crippen LogP contribution is -2.32. The number of carbonyl (C=O) groups excluding carboxylic acids is 3. The van der Waals surface area contributed by atoms with E-state index in [0.717, 1.165) is 29.8 Å². The molecule has 0 aromatic heterocycles. The summed E-state index contributed by atoms with van der Waals surface area (Å²) in [5.74, 6) is 8.29. The standard InChI is InChI=1S/C11H12N2O2.C10H19NO2.H4N2/c1-13-10-3-2-8(6-12-7-14)4-9(10)5-11(13)15;1-10(2,3)6-9(13)11-5-4-8(12)7-11;1-2/h2-4,7H,5-6H2,1H3,(H,12,14);8,12H,4-7H2,1-3H3;1-2H2. The highest BCUT2D eigenvalue weighted by atomic mass is 16.3. The van der Waals surface area contributed by atoms with E-state index in [9.17, 15) is 19.5 Å². The Morgan fingerprint density at radius 2 is 2.00 bits per heavy atom. The van der Waals surface area contributed by atoms with E-state index >= 15 is 0 Å². The molecule has 6 N–H and O–H groups in total. The summed E-state index contributed by atoms with van der Waals surface area (Å²) in [4.78, 5) is 36.6. The number of nitrogens with two attached hydrogens (primary N) is 2. The van der Waals surface area contributed by atoms with E-state index in [4.69, 9.17) is 0 Å². The third-order valence-electron chi connectivity index (χ3n) is 4.81. The molecular weight excluding hydrogens is 386 g/mol. The molecule has 1 saturated heterocycles. The van der Waals surface area contributed by atoms with Crippen LogP contribution in [0.5, 0.6) is 0 Å². The van der Waals surface area contributed by atoms with Gasteiger partial charge < -0.3 is 20.2 Å². The highest BCUT2D eigenvalue weighted by molar-refractivity contribution is 6.00. The van der Waals surface area contributed by atoms with Crippen LogP contribution < -0.4 is 21.9 Å². The van der Waals surface area contributed by atoms with Crippen molar-refractivity contribution in [2.24, 2.45) is 17.1 Å². The fourth-order valence-corrected chi connectivity index (χ4v) is 3.33. The van der Waals surface area contributed by atoms with Crippen molar-refractivity contribution >= 4 is 23.9 Å². The summed E-state index contributed by atoms with van der Waals surface area (Å²) >= 11 is 0. The molecule has 30 heavy (non-hydrogen) atoms. The SMILES string of the molecule is CC(C)(C)CC(=O)N1CCC(O)C1.CN1C(=O)Cc2cc(CNC=O)ccc21.NN. The van der Waals surface area contributed by atoms with E-state index in [2.05, 4.69) is 37.8 Å². The van der Waals surface area contributed by atoms with Crippen molar-refractivity contribution < 1.29 is 19.5 Å². The minimum atomic E-state index is -0.302. The number of aliphatic hydroxyl groups excluding tert-OH is 1. The Kier molecular flexibility index (Phi) is 9.91. The van der Waals surface area contributed by atoms with Crippen LogP contribution in [0.4, 0.5) is 5.69 Å². The molecular formula is C21H35N5O4. The summed E-state index contributed by atoms with van der Waals surface area (Å²) in [5, 5.41) is 11.9. The van der Waals surface area contributed by atoms with Crippen LogP contribution in [0.25, 0.3) is 0 Å². The van der Waals surface area contributed by atoms with E-state index in [-0.39, 0.29) is 23.3 Å². The van der Waals surface area contributed by atoms with Gasteiger partial charge in [0, 0.05) is 38.8 Å². The molecule has 1 aromatic rings. The Morgan fingerprint density at radius 1 is 1.33 bits per heavy atom. The average molecular weight is 422 g/mol. The maximum atomic E-state index is 11.6. The minimum Gasteiger partial charge on any atom is -0.391 e. The summed E-state index contributed by atoms with van der Waals surface area (Å²) in [7, 11) is 1.78. The third-order valence-corrected chi connectivity index (χ3v) is 4.81. The van der Waals surface area contributed by atoms with E-state index in [1.54, 1.807) is 16.8 Å². The lowest BCUT2D eigenvalue weighted by Gasteiger charge is -2.22. The first kappa shape index (κ1) is 25.5. The number of aliphatic hydroxyl groups is 1. The molecule has 1 fully saturated rings. The Labute approximate surface area is 178 Å². The molecule has 2 aliphatic heterocycles. The highest BCUT2D eigenvalue weighted by Crippen LogP contribution is 2.28. The normalized spacial score (nSPS) is 17.4. The first-order valence-electron chi connectivity index (χ1n) is 9.95. The second-order valence-electron chi connectivity index (χ2n) is 8.61. The Hall–Kier alpha value is -2.49. The monoisotopic (exact) mass is 421 g/mol. The van der Waals surface area contributed by atoms with Gasteiger partial charge in [-0.1, -0.05) is 32.9 Å². The van der Waals surface area contributed by atoms with Crippen molar-refractivity contribution in [3.8, 4) is 0 Å². The van der Waals surface area contributed by atoms with E-state index in [1.165, 1.54) is 0 Å². The summed E-state index contributed by atoms with van der Waals surface area (Å²) < 4.78 is 0. The molecule has 1 aromatic carbocycles. The van der Waals surface area contributed by atoms with Crippen LogP contribution in [0.15, 0.2) is 18.2 Å². The van der Waals surface area contributed by atoms with E-state index in [0.29, 0.717) is 32.3 Å². The van der Waals surface area contributed by atoms with Gasteiger partial charge in [0.25, 0.3) is 0 Å². The van der Waals surface area contributed by atoms with Crippen LogP contribution in [-0.4, -0.2) is 54.5 Å². The zero-order valence-corrected chi connectivity index (χ0v) is 18.4. The quantitative estimate of drug-likeness (QED) is 0.313. The largest absolute Gasteiger partial charge is 0.391 e. The van der Waals surface area contributed by atoms with Gasteiger partial charge in [-0.25, -0.2) is 0 Å². The van der Waals surface area contributed by atoms with Crippen molar-refractivity contribution in [1.82, 2.24) is 10.2 Å². The number of fused-ring (bicyclic) bond motifs is 1. The summed E-state index contributed by atoms with van der Waals surface area (Å²) in [5.41, 5.74) is 3.07. The smallest absolute Gasteiger partial charge is 0.231 e. The number of likely N-dealkylation sites (N-methyl/N-ethyl adjacent to an activating group) is 1. The van der Waals surface area contributed by atoms with Gasteiger partial charge >= 0.3 is 0 Å². The van der Waals surface area contributed by atoms with Gasteiger partial charge in [-0.3, -0.25) is 26.1 Å². The summed E-state index contributed by atoms with van der Waals surface area (Å²) in [6.45, 7) is 7.91. The second kappa shape index (κ2) is 11.6. The first-order valence-corrected chi connectivity index (χ1v) is 9.95. The number of nitrogens with one attached hydrogen (secondary N) is 1. The Balaban J connectivity index is 0.000000280. The fraction of sp³-hybridized carbons (Fsp3) is 0.571. The molecule has 1 unspecified atom stereocenters. The van der Waals surface area contributed by atoms with Gasteiger partial charge in [0.15, 0.2) is 0 Å².